The number of aryl methyl sites for hydroxylation is 3. The number of aromatic nitrogens is 4. The highest BCUT2D eigenvalue weighted by Crippen LogP contribution is 2.15. The van der Waals surface area contributed by atoms with Crippen LogP contribution < -0.4 is 10.6 Å². The van der Waals surface area contributed by atoms with Gasteiger partial charge in [-0.2, -0.15) is 5.10 Å². The number of amides is 2. The Labute approximate surface area is 147 Å². The lowest BCUT2D eigenvalue weighted by molar-refractivity contribution is 0.249. The molecule has 7 heteroatoms. The predicted molar refractivity (Wildman–Crippen MR) is 97.9 cm³/mol. The van der Waals surface area contributed by atoms with Crippen LogP contribution in [0.5, 0.6) is 0 Å². The van der Waals surface area contributed by atoms with Gasteiger partial charge in [0.05, 0.1) is 17.1 Å². The maximum absolute atomic E-state index is 12.3. The fourth-order valence-corrected chi connectivity index (χ4v) is 3.05. The van der Waals surface area contributed by atoms with Gasteiger partial charge in [0.15, 0.2) is 0 Å². The van der Waals surface area contributed by atoms with E-state index in [-0.39, 0.29) is 12.1 Å². The number of urea groups is 1. The molecule has 0 aromatic carbocycles. The summed E-state index contributed by atoms with van der Waals surface area (Å²) >= 11 is 0. The standard InChI is InChI=1S/C18H24N6O/c1-11(8-16-13(3)22-23(5)14(16)4)20-18(25)21-15-6-7-17-19-12(2)9-24(17)10-15/h6-7,9-11H,8H2,1-5H3,(H2,20,21,25)/t11-/m0/s1. The minimum absolute atomic E-state index is 0.000760. The molecule has 0 aliphatic rings. The molecule has 25 heavy (non-hydrogen) atoms. The molecule has 2 amide bonds. The number of carbonyl (C=O) groups excluding carboxylic acids is 1. The maximum Gasteiger partial charge on any atom is 0.319 e. The normalized spacial score (nSPS) is 12.4. The van der Waals surface area contributed by atoms with Crippen LogP contribution in [0, 0.1) is 20.8 Å². The zero-order chi connectivity index (χ0) is 18.1. The number of carbonyl (C=O) groups is 1. The van der Waals surface area contributed by atoms with E-state index in [0.717, 1.165) is 34.8 Å². The van der Waals surface area contributed by atoms with Gasteiger partial charge in [0, 0.05) is 31.2 Å². The second-order valence-electron chi connectivity index (χ2n) is 6.54. The maximum atomic E-state index is 12.3. The molecule has 3 aromatic heterocycles. The fourth-order valence-electron chi connectivity index (χ4n) is 3.05. The summed E-state index contributed by atoms with van der Waals surface area (Å²) in [5.74, 6) is 0. The molecular formula is C18H24N6O. The number of hydrogen-bond acceptors (Lipinski definition) is 3. The first kappa shape index (κ1) is 17.0. The van der Waals surface area contributed by atoms with Crippen molar-refractivity contribution in [1.29, 1.82) is 0 Å². The first-order chi connectivity index (χ1) is 11.8. The van der Waals surface area contributed by atoms with Gasteiger partial charge in [-0.25, -0.2) is 9.78 Å². The monoisotopic (exact) mass is 340 g/mol. The van der Waals surface area contributed by atoms with E-state index in [1.807, 2.05) is 68.4 Å². The molecule has 0 bridgehead atoms. The second-order valence-corrected chi connectivity index (χ2v) is 6.54. The molecule has 3 rings (SSSR count). The number of nitrogens with zero attached hydrogens (tertiary/aromatic N) is 4. The molecule has 1 atom stereocenters. The van der Waals surface area contributed by atoms with Gasteiger partial charge in [-0.3, -0.25) is 4.68 Å². The Balaban J connectivity index is 1.62. The molecule has 0 unspecified atom stereocenters. The van der Waals surface area contributed by atoms with Crippen molar-refractivity contribution in [1.82, 2.24) is 24.5 Å². The Morgan fingerprint density at radius 1 is 1.24 bits per heavy atom. The summed E-state index contributed by atoms with van der Waals surface area (Å²) in [6.45, 7) is 7.98. The van der Waals surface area contributed by atoms with Gasteiger partial charge in [0.25, 0.3) is 0 Å². The van der Waals surface area contributed by atoms with E-state index in [2.05, 4.69) is 20.7 Å². The first-order valence-electron chi connectivity index (χ1n) is 8.35. The van der Waals surface area contributed by atoms with E-state index in [4.69, 9.17) is 0 Å². The van der Waals surface area contributed by atoms with Crippen LogP contribution >= 0.6 is 0 Å². The number of imidazole rings is 1. The van der Waals surface area contributed by atoms with Crippen molar-refractivity contribution in [3.8, 4) is 0 Å². The van der Waals surface area contributed by atoms with Gasteiger partial charge < -0.3 is 15.0 Å². The van der Waals surface area contributed by atoms with Gasteiger partial charge >= 0.3 is 6.03 Å². The van der Waals surface area contributed by atoms with Gasteiger partial charge in [-0.05, 0) is 51.8 Å². The number of hydrogen-bond donors (Lipinski definition) is 2. The molecule has 2 N–H and O–H groups in total. The van der Waals surface area contributed by atoms with Crippen molar-refractivity contribution < 1.29 is 4.79 Å². The van der Waals surface area contributed by atoms with Crippen molar-refractivity contribution in [3.63, 3.8) is 0 Å². The average molecular weight is 340 g/mol. The molecule has 0 radical (unpaired) electrons. The minimum Gasteiger partial charge on any atom is -0.335 e. The van der Waals surface area contributed by atoms with E-state index >= 15 is 0 Å². The van der Waals surface area contributed by atoms with Crippen molar-refractivity contribution >= 4 is 17.4 Å². The van der Waals surface area contributed by atoms with Crippen LogP contribution in [0.1, 0.15) is 29.6 Å². The second kappa shape index (κ2) is 6.58. The van der Waals surface area contributed by atoms with E-state index in [0.29, 0.717) is 0 Å². The highest BCUT2D eigenvalue weighted by molar-refractivity contribution is 5.89. The molecule has 0 spiro atoms. The Bertz CT molecular complexity index is 923. The molecule has 0 saturated heterocycles. The summed E-state index contributed by atoms with van der Waals surface area (Å²) in [6.07, 6.45) is 4.53. The number of pyridine rings is 1. The third kappa shape index (κ3) is 3.65. The SMILES string of the molecule is Cc1cn2cc(NC(=O)N[C@@H](C)Cc3c(C)nn(C)c3C)ccc2n1. The van der Waals surface area contributed by atoms with Crippen LogP contribution in [-0.4, -0.2) is 31.2 Å². The number of anilines is 1. The highest BCUT2D eigenvalue weighted by Gasteiger charge is 2.15. The topological polar surface area (TPSA) is 76.2 Å². The molecule has 0 aliphatic heterocycles. The summed E-state index contributed by atoms with van der Waals surface area (Å²) in [4.78, 5) is 16.6. The first-order valence-corrected chi connectivity index (χ1v) is 8.35. The predicted octanol–water partition coefficient (Wildman–Crippen LogP) is 2.75. The quantitative estimate of drug-likeness (QED) is 0.767. The minimum atomic E-state index is -0.220. The van der Waals surface area contributed by atoms with Crippen molar-refractivity contribution in [2.24, 2.45) is 7.05 Å². The molecule has 3 aromatic rings. The van der Waals surface area contributed by atoms with Crippen LogP contribution in [0.3, 0.4) is 0 Å². The molecule has 0 fully saturated rings. The Morgan fingerprint density at radius 3 is 2.68 bits per heavy atom. The Kier molecular flexibility index (Phi) is 4.48. The van der Waals surface area contributed by atoms with Gasteiger partial charge in [-0.15, -0.1) is 0 Å². The average Bonchev–Trinajstić information content (AvgIpc) is 3.00. The summed E-state index contributed by atoms with van der Waals surface area (Å²) in [5, 5.41) is 10.3. The van der Waals surface area contributed by atoms with Gasteiger partial charge in [0.2, 0.25) is 0 Å². The van der Waals surface area contributed by atoms with Crippen LogP contribution in [0.2, 0.25) is 0 Å². The van der Waals surface area contributed by atoms with Gasteiger partial charge in [0.1, 0.15) is 5.65 Å². The molecule has 0 saturated carbocycles. The lowest BCUT2D eigenvalue weighted by Gasteiger charge is -2.15. The number of rotatable bonds is 4. The number of nitrogens with one attached hydrogen (secondary N) is 2. The lowest BCUT2D eigenvalue weighted by Crippen LogP contribution is -2.37. The summed E-state index contributed by atoms with van der Waals surface area (Å²) in [7, 11) is 1.94. The summed E-state index contributed by atoms with van der Waals surface area (Å²) in [5.41, 5.74) is 5.85. The molecule has 0 aliphatic carbocycles. The van der Waals surface area contributed by atoms with E-state index in [9.17, 15) is 4.79 Å². The smallest absolute Gasteiger partial charge is 0.319 e. The molecule has 132 valence electrons. The van der Waals surface area contributed by atoms with Crippen molar-refractivity contribution in [3.05, 3.63) is 47.2 Å². The molecular weight excluding hydrogens is 316 g/mol. The van der Waals surface area contributed by atoms with E-state index < -0.39 is 0 Å². The van der Waals surface area contributed by atoms with Crippen molar-refractivity contribution in [2.75, 3.05) is 5.32 Å². The van der Waals surface area contributed by atoms with Crippen LogP contribution in [0.15, 0.2) is 24.5 Å². The Morgan fingerprint density at radius 2 is 2.00 bits per heavy atom. The van der Waals surface area contributed by atoms with Crippen LogP contribution in [0.4, 0.5) is 10.5 Å². The molecule has 3 heterocycles. The third-order valence-electron chi connectivity index (χ3n) is 4.38. The van der Waals surface area contributed by atoms with E-state index in [1.54, 1.807) is 0 Å². The zero-order valence-corrected chi connectivity index (χ0v) is 15.3. The summed E-state index contributed by atoms with van der Waals surface area (Å²) in [6, 6.07) is 3.51. The van der Waals surface area contributed by atoms with E-state index in [1.165, 1.54) is 5.56 Å². The number of fused-ring (bicyclic) bond motifs is 1. The third-order valence-corrected chi connectivity index (χ3v) is 4.38. The summed E-state index contributed by atoms with van der Waals surface area (Å²) < 4.78 is 3.77. The fraction of sp³-hybridized carbons (Fsp3) is 0.389. The van der Waals surface area contributed by atoms with Crippen LogP contribution in [0.25, 0.3) is 5.65 Å². The highest BCUT2D eigenvalue weighted by atomic mass is 16.2. The van der Waals surface area contributed by atoms with Crippen molar-refractivity contribution in [2.45, 2.75) is 40.2 Å². The van der Waals surface area contributed by atoms with Crippen LogP contribution in [-0.2, 0) is 13.5 Å². The Hall–Kier alpha value is -2.83. The lowest BCUT2D eigenvalue weighted by atomic mass is 10.1. The largest absolute Gasteiger partial charge is 0.335 e. The molecule has 7 nitrogen and oxygen atoms in total. The zero-order valence-electron chi connectivity index (χ0n) is 15.3. The van der Waals surface area contributed by atoms with Gasteiger partial charge in [-0.1, -0.05) is 0 Å².